The Bertz CT molecular complexity index is 719. The Balaban J connectivity index is 2.75. The van der Waals surface area contributed by atoms with E-state index >= 15 is 0 Å². The summed E-state index contributed by atoms with van der Waals surface area (Å²) in [7, 11) is 5.42. The molecule has 7 heteroatoms. The lowest BCUT2D eigenvalue weighted by molar-refractivity contribution is -0.138. The first-order chi connectivity index (χ1) is 15.6. The van der Waals surface area contributed by atoms with Crippen LogP contribution >= 0.6 is 0 Å². The van der Waals surface area contributed by atoms with E-state index in [1.165, 1.54) is 0 Å². The number of amides is 2. The highest BCUT2D eigenvalue weighted by atomic mass is 16.5. The van der Waals surface area contributed by atoms with Gasteiger partial charge in [0, 0.05) is 20.7 Å². The highest BCUT2D eigenvalue weighted by Crippen LogP contribution is 2.21. The van der Waals surface area contributed by atoms with Crippen molar-refractivity contribution in [2.45, 2.75) is 72.1 Å². The number of likely N-dealkylation sites (N-methyl/N-ethyl adjacent to an activating group) is 2. The maximum absolute atomic E-state index is 13.0. The lowest BCUT2D eigenvalue weighted by Gasteiger charge is -2.37. The summed E-state index contributed by atoms with van der Waals surface area (Å²) in [5.74, 6) is 0.368. The molecule has 0 radical (unpaired) electrons. The number of hydrogen-bond acceptors (Lipinski definition) is 5. The molecule has 0 heterocycles. The Hall–Kier alpha value is -2.12. The van der Waals surface area contributed by atoms with E-state index in [1.807, 2.05) is 37.9 Å². The normalized spacial score (nSPS) is 15.2. The molecule has 188 valence electrons. The van der Waals surface area contributed by atoms with E-state index in [2.05, 4.69) is 26.1 Å². The topological polar surface area (TPSA) is 82.1 Å². The molecule has 0 spiro atoms. The highest BCUT2D eigenvalue weighted by Gasteiger charge is 2.32. The number of rotatable bonds is 14. The van der Waals surface area contributed by atoms with E-state index in [4.69, 9.17) is 4.74 Å². The van der Waals surface area contributed by atoms with Gasteiger partial charge in [-0.3, -0.25) is 14.5 Å². The lowest BCUT2D eigenvalue weighted by atomic mass is 9.91. The molecular weight excluding hydrogens is 418 g/mol. The third kappa shape index (κ3) is 8.63. The van der Waals surface area contributed by atoms with Crippen LogP contribution in [0.4, 0.5) is 0 Å². The molecule has 0 aromatic heterocycles. The third-order valence-electron chi connectivity index (χ3n) is 6.63. The molecule has 1 aromatic carbocycles. The summed E-state index contributed by atoms with van der Waals surface area (Å²) in [4.78, 5) is 29.8. The maximum atomic E-state index is 13.0. The molecule has 33 heavy (non-hydrogen) atoms. The van der Waals surface area contributed by atoms with Crippen molar-refractivity contribution in [3.63, 3.8) is 0 Å². The van der Waals surface area contributed by atoms with Gasteiger partial charge in [0.2, 0.25) is 11.8 Å². The van der Waals surface area contributed by atoms with Gasteiger partial charge in [0.05, 0.1) is 24.7 Å². The molecule has 4 unspecified atom stereocenters. The molecule has 0 saturated carbocycles. The minimum absolute atomic E-state index is 0.0303. The number of hydrogen-bond donors (Lipinski definition) is 2. The van der Waals surface area contributed by atoms with Crippen LogP contribution in [0.2, 0.25) is 0 Å². The number of phenolic OH excluding ortho intramolecular Hbond substituents is 1. The van der Waals surface area contributed by atoms with Crippen molar-refractivity contribution in [2.24, 2.45) is 11.8 Å². The van der Waals surface area contributed by atoms with E-state index in [0.29, 0.717) is 6.54 Å². The van der Waals surface area contributed by atoms with Gasteiger partial charge in [0.15, 0.2) is 0 Å². The first-order valence-corrected chi connectivity index (χ1v) is 12.1. The van der Waals surface area contributed by atoms with E-state index in [9.17, 15) is 14.7 Å². The van der Waals surface area contributed by atoms with Gasteiger partial charge in [-0.1, -0.05) is 53.2 Å². The molecule has 0 fully saturated rings. The summed E-state index contributed by atoms with van der Waals surface area (Å²) >= 11 is 0. The highest BCUT2D eigenvalue weighted by molar-refractivity contribution is 5.87. The number of nitrogens with one attached hydrogen (secondary N) is 1. The van der Waals surface area contributed by atoms with Gasteiger partial charge in [0.1, 0.15) is 5.75 Å². The predicted octanol–water partition coefficient (Wildman–Crippen LogP) is 3.31. The summed E-state index contributed by atoms with van der Waals surface area (Å²) in [5, 5.41) is 12.3. The Morgan fingerprint density at radius 1 is 1.06 bits per heavy atom. The van der Waals surface area contributed by atoms with Gasteiger partial charge >= 0.3 is 0 Å². The number of aromatic hydroxyl groups is 1. The van der Waals surface area contributed by atoms with Crippen molar-refractivity contribution >= 4 is 11.8 Å². The maximum Gasteiger partial charge on any atom is 0.242 e. The minimum atomic E-state index is -0.340. The van der Waals surface area contributed by atoms with Gasteiger partial charge in [-0.25, -0.2) is 0 Å². The second kappa shape index (κ2) is 14.2. The van der Waals surface area contributed by atoms with Gasteiger partial charge in [-0.05, 0) is 49.4 Å². The quantitative estimate of drug-likeness (QED) is 0.442. The zero-order chi connectivity index (χ0) is 25.1. The van der Waals surface area contributed by atoms with Crippen LogP contribution in [0, 0.1) is 11.8 Å². The Kier molecular flexibility index (Phi) is 12.4. The van der Waals surface area contributed by atoms with Crippen LogP contribution in [-0.4, -0.2) is 79.2 Å². The van der Waals surface area contributed by atoms with Crippen LogP contribution in [0.1, 0.15) is 53.0 Å². The Morgan fingerprint density at radius 3 is 2.15 bits per heavy atom. The van der Waals surface area contributed by atoms with Crippen LogP contribution in [0.15, 0.2) is 24.3 Å². The smallest absolute Gasteiger partial charge is 0.242 e. The fourth-order valence-electron chi connectivity index (χ4n) is 4.46. The fourth-order valence-corrected chi connectivity index (χ4v) is 4.46. The largest absolute Gasteiger partial charge is 0.508 e. The molecule has 0 bridgehead atoms. The third-order valence-corrected chi connectivity index (χ3v) is 6.63. The minimum Gasteiger partial charge on any atom is -0.508 e. The number of benzene rings is 1. The van der Waals surface area contributed by atoms with E-state index in [-0.39, 0.29) is 54.1 Å². The molecule has 2 amide bonds. The predicted molar refractivity (Wildman–Crippen MR) is 133 cm³/mol. The van der Waals surface area contributed by atoms with Crippen molar-refractivity contribution in [2.75, 3.05) is 34.3 Å². The Morgan fingerprint density at radius 2 is 1.67 bits per heavy atom. The number of phenols is 1. The molecule has 0 aliphatic carbocycles. The summed E-state index contributed by atoms with van der Waals surface area (Å²) in [6.07, 6.45) is 2.48. The first kappa shape index (κ1) is 28.9. The van der Waals surface area contributed by atoms with E-state index in [1.54, 1.807) is 31.2 Å². The molecule has 2 N–H and O–H groups in total. The van der Waals surface area contributed by atoms with Crippen molar-refractivity contribution in [3.8, 4) is 5.75 Å². The summed E-state index contributed by atoms with van der Waals surface area (Å²) < 4.78 is 5.65. The van der Waals surface area contributed by atoms with Crippen LogP contribution in [0.5, 0.6) is 5.75 Å². The van der Waals surface area contributed by atoms with Crippen LogP contribution in [-0.2, 0) is 20.7 Å². The van der Waals surface area contributed by atoms with Gasteiger partial charge < -0.3 is 20.1 Å². The fraction of sp³-hybridized carbons (Fsp3) is 0.692. The zero-order valence-corrected chi connectivity index (χ0v) is 21.8. The van der Waals surface area contributed by atoms with Gasteiger partial charge in [-0.15, -0.1) is 0 Å². The van der Waals surface area contributed by atoms with Crippen LogP contribution < -0.4 is 5.32 Å². The lowest BCUT2D eigenvalue weighted by Crippen LogP contribution is -2.54. The number of carbonyl (C=O) groups excluding carboxylic acids is 2. The second-order valence-corrected chi connectivity index (χ2v) is 9.37. The van der Waals surface area contributed by atoms with Gasteiger partial charge in [-0.2, -0.15) is 0 Å². The summed E-state index contributed by atoms with van der Waals surface area (Å²) in [6.45, 7) is 11.0. The Labute approximate surface area is 200 Å². The second-order valence-electron chi connectivity index (χ2n) is 9.37. The van der Waals surface area contributed by atoms with Crippen molar-refractivity contribution in [1.29, 1.82) is 0 Å². The monoisotopic (exact) mass is 463 g/mol. The summed E-state index contributed by atoms with van der Waals surface area (Å²) in [6, 6.07) is 6.74. The molecule has 1 aromatic rings. The van der Waals surface area contributed by atoms with Crippen molar-refractivity contribution < 1.29 is 19.4 Å². The first-order valence-electron chi connectivity index (χ1n) is 12.1. The SMILES string of the molecule is CCC(C)C(C(CC)OC)N(C)C(=O)CNC(=O)C(C(C)C)N(C)CCc1ccc(O)cc1. The number of carbonyl (C=O) groups is 2. The molecule has 0 aliphatic heterocycles. The van der Waals surface area contributed by atoms with Crippen molar-refractivity contribution in [3.05, 3.63) is 29.8 Å². The molecule has 0 saturated heterocycles. The molecule has 0 aliphatic rings. The molecule has 1 rings (SSSR count). The number of methoxy groups -OCH3 is 1. The standard InChI is InChI=1S/C26H45N3O4/c1-9-19(5)25(22(10-2)33-8)29(7)23(31)17-27-26(32)24(18(3)4)28(6)16-15-20-11-13-21(30)14-12-20/h11-14,18-19,22,24-25,30H,9-10,15-17H2,1-8H3,(H,27,32). The average Bonchev–Trinajstić information content (AvgIpc) is 2.79. The van der Waals surface area contributed by atoms with E-state index < -0.39 is 0 Å². The number of ether oxygens (including phenoxy) is 1. The van der Waals surface area contributed by atoms with Crippen molar-refractivity contribution in [1.82, 2.24) is 15.1 Å². The summed E-state index contributed by atoms with van der Waals surface area (Å²) in [5.41, 5.74) is 1.10. The van der Waals surface area contributed by atoms with Gasteiger partial charge in [0.25, 0.3) is 0 Å². The molecule has 4 atom stereocenters. The average molecular weight is 464 g/mol. The molecular formula is C26H45N3O4. The molecule has 7 nitrogen and oxygen atoms in total. The number of nitrogens with zero attached hydrogens (tertiary/aromatic N) is 2. The zero-order valence-electron chi connectivity index (χ0n) is 21.8. The van der Waals surface area contributed by atoms with Crippen LogP contribution in [0.25, 0.3) is 0 Å². The van der Waals surface area contributed by atoms with Crippen LogP contribution in [0.3, 0.4) is 0 Å². The van der Waals surface area contributed by atoms with E-state index in [0.717, 1.165) is 24.8 Å².